The first-order valence-electron chi connectivity index (χ1n) is 5.38. The molecule has 20 heavy (non-hydrogen) atoms. The van der Waals surface area contributed by atoms with Gasteiger partial charge >= 0.3 is 6.01 Å². The lowest BCUT2D eigenvalue weighted by Gasteiger charge is -2.12. The highest BCUT2D eigenvalue weighted by Crippen LogP contribution is 2.35. The van der Waals surface area contributed by atoms with Gasteiger partial charge in [-0.05, 0) is 22.0 Å². The van der Waals surface area contributed by atoms with E-state index in [4.69, 9.17) is 33.7 Å². The fourth-order valence-electron chi connectivity index (χ4n) is 1.29. The standard InChI is InChI=1S/C11H10BrCl2N5O/c1-19(2)10-16-9(15)17-11(18-10)20-8-4-6(13)5(12)3-7(8)14/h3-4H,1-2H3,(H2,15,16,17,18). The van der Waals surface area contributed by atoms with Crippen molar-refractivity contribution in [1.29, 1.82) is 0 Å². The summed E-state index contributed by atoms with van der Waals surface area (Å²) in [6, 6.07) is 3.22. The maximum absolute atomic E-state index is 6.07. The molecule has 0 aliphatic rings. The van der Waals surface area contributed by atoms with E-state index in [-0.39, 0.29) is 12.0 Å². The van der Waals surface area contributed by atoms with E-state index in [2.05, 4.69) is 30.9 Å². The Morgan fingerprint density at radius 2 is 1.85 bits per heavy atom. The number of hydrogen-bond donors (Lipinski definition) is 1. The molecule has 0 radical (unpaired) electrons. The second kappa shape index (κ2) is 5.99. The molecule has 0 spiro atoms. The van der Waals surface area contributed by atoms with Crippen LogP contribution in [0.4, 0.5) is 11.9 Å². The molecule has 2 aromatic rings. The summed E-state index contributed by atoms with van der Waals surface area (Å²) in [5.74, 6) is 0.764. The van der Waals surface area contributed by atoms with Gasteiger partial charge in [0.25, 0.3) is 0 Å². The van der Waals surface area contributed by atoms with Gasteiger partial charge < -0.3 is 15.4 Å². The number of nitrogens with two attached hydrogens (primary N) is 1. The second-order valence-electron chi connectivity index (χ2n) is 3.97. The zero-order chi connectivity index (χ0) is 14.9. The normalized spacial score (nSPS) is 10.4. The summed E-state index contributed by atoms with van der Waals surface area (Å²) < 4.78 is 6.18. The van der Waals surface area contributed by atoms with E-state index in [1.165, 1.54) is 0 Å². The van der Waals surface area contributed by atoms with Crippen molar-refractivity contribution in [3.8, 4) is 11.8 Å². The molecule has 0 saturated heterocycles. The van der Waals surface area contributed by atoms with E-state index in [1.807, 2.05) is 0 Å². The fourth-order valence-corrected chi connectivity index (χ4v) is 2.12. The van der Waals surface area contributed by atoms with Crippen molar-refractivity contribution in [2.45, 2.75) is 0 Å². The third-order valence-corrected chi connectivity index (χ3v) is 3.69. The van der Waals surface area contributed by atoms with Crippen LogP contribution in [0.2, 0.25) is 10.0 Å². The number of halogens is 3. The first-order chi connectivity index (χ1) is 9.36. The van der Waals surface area contributed by atoms with Gasteiger partial charge in [-0.3, -0.25) is 0 Å². The quantitative estimate of drug-likeness (QED) is 0.825. The Hall–Kier alpha value is -1.31. The van der Waals surface area contributed by atoms with E-state index >= 15 is 0 Å². The molecular formula is C11H10BrCl2N5O. The lowest BCUT2D eigenvalue weighted by molar-refractivity contribution is 0.441. The maximum atomic E-state index is 6.07. The van der Waals surface area contributed by atoms with E-state index < -0.39 is 0 Å². The molecule has 0 amide bonds. The number of rotatable bonds is 3. The molecule has 2 N–H and O–H groups in total. The van der Waals surface area contributed by atoms with Crippen LogP contribution in [0.1, 0.15) is 0 Å². The zero-order valence-electron chi connectivity index (χ0n) is 10.6. The van der Waals surface area contributed by atoms with Crippen molar-refractivity contribution in [1.82, 2.24) is 15.0 Å². The van der Waals surface area contributed by atoms with Gasteiger partial charge in [-0.15, -0.1) is 0 Å². The fraction of sp³-hybridized carbons (Fsp3) is 0.182. The van der Waals surface area contributed by atoms with Gasteiger partial charge in [0.05, 0.1) is 10.0 Å². The summed E-state index contributed by atoms with van der Waals surface area (Å²) in [6.07, 6.45) is 0. The van der Waals surface area contributed by atoms with Crippen LogP contribution in [0.15, 0.2) is 16.6 Å². The van der Waals surface area contributed by atoms with Crippen LogP contribution < -0.4 is 15.4 Å². The maximum Gasteiger partial charge on any atom is 0.328 e. The number of ether oxygens (including phenoxy) is 1. The summed E-state index contributed by atoms with van der Waals surface area (Å²) in [4.78, 5) is 13.7. The second-order valence-corrected chi connectivity index (χ2v) is 5.64. The molecule has 0 atom stereocenters. The van der Waals surface area contributed by atoms with Gasteiger partial charge in [-0.1, -0.05) is 23.2 Å². The molecule has 1 aromatic heterocycles. The minimum Gasteiger partial charge on any atom is -0.422 e. The van der Waals surface area contributed by atoms with Gasteiger partial charge in [0, 0.05) is 24.6 Å². The summed E-state index contributed by atoms with van der Waals surface area (Å²) in [7, 11) is 3.56. The van der Waals surface area contributed by atoms with Crippen LogP contribution in [0.25, 0.3) is 0 Å². The Labute approximate surface area is 134 Å². The molecule has 106 valence electrons. The highest BCUT2D eigenvalue weighted by Gasteiger charge is 2.12. The van der Waals surface area contributed by atoms with Crippen LogP contribution in [-0.4, -0.2) is 29.0 Å². The van der Waals surface area contributed by atoms with Gasteiger partial charge in [-0.25, -0.2) is 0 Å². The number of nitrogen functional groups attached to an aromatic ring is 1. The number of hydrogen-bond acceptors (Lipinski definition) is 6. The molecule has 0 aliphatic heterocycles. The highest BCUT2D eigenvalue weighted by atomic mass is 79.9. The Kier molecular flexibility index (Phi) is 4.52. The predicted octanol–water partition coefficient (Wildman–Crippen LogP) is 3.38. The number of aromatic nitrogens is 3. The monoisotopic (exact) mass is 377 g/mol. The molecule has 1 heterocycles. The lowest BCUT2D eigenvalue weighted by Crippen LogP contribution is -2.15. The van der Waals surface area contributed by atoms with Crippen LogP contribution in [0.5, 0.6) is 11.8 Å². The number of nitrogens with zero attached hydrogens (tertiary/aromatic N) is 4. The SMILES string of the molecule is CN(C)c1nc(N)nc(Oc2cc(Cl)c(Br)cc2Cl)n1. The molecule has 6 nitrogen and oxygen atoms in total. The van der Waals surface area contributed by atoms with Crippen LogP contribution >= 0.6 is 39.1 Å². The van der Waals surface area contributed by atoms with Crippen molar-refractivity contribution in [3.05, 3.63) is 26.7 Å². The van der Waals surface area contributed by atoms with Crippen LogP contribution in [0, 0.1) is 0 Å². The summed E-state index contributed by atoms with van der Waals surface area (Å²) in [5, 5.41) is 0.825. The topological polar surface area (TPSA) is 77.2 Å². The van der Waals surface area contributed by atoms with E-state index in [1.54, 1.807) is 31.1 Å². The first-order valence-corrected chi connectivity index (χ1v) is 6.93. The van der Waals surface area contributed by atoms with Gasteiger partial charge in [-0.2, -0.15) is 15.0 Å². The summed E-state index contributed by atoms with van der Waals surface area (Å²) in [5.41, 5.74) is 5.61. The third-order valence-electron chi connectivity index (χ3n) is 2.20. The van der Waals surface area contributed by atoms with Crippen molar-refractivity contribution in [3.63, 3.8) is 0 Å². The molecule has 9 heteroatoms. The van der Waals surface area contributed by atoms with Gasteiger partial charge in [0.1, 0.15) is 0 Å². The van der Waals surface area contributed by atoms with Crippen LogP contribution in [0.3, 0.4) is 0 Å². The Morgan fingerprint density at radius 1 is 1.15 bits per heavy atom. The number of benzene rings is 1. The van der Waals surface area contributed by atoms with Crippen molar-refractivity contribution >= 4 is 51.0 Å². The van der Waals surface area contributed by atoms with E-state index in [0.717, 1.165) is 0 Å². The van der Waals surface area contributed by atoms with Crippen molar-refractivity contribution in [2.75, 3.05) is 24.7 Å². The van der Waals surface area contributed by atoms with E-state index in [9.17, 15) is 0 Å². The molecule has 0 aliphatic carbocycles. The molecule has 0 bridgehead atoms. The zero-order valence-corrected chi connectivity index (χ0v) is 13.7. The Balaban J connectivity index is 2.37. The first kappa shape index (κ1) is 15.1. The third kappa shape index (κ3) is 3.41. The highest BCUT2D eigenvalue weighted by molar-refractivity contribution is 9.10. The predicted molar refractivity (Wildman–Crippen MR) is 82.8 cm³/mol. The lowest BCUT2D eigenvalue weighted by atomic mass is 10.3. The average molecular weight is 379 g/mol. The molecular weight excluding hydrogens is 369 g/mol. The largest absolute Gasteiger partial charge is 0.422 e. The smallest absolute Gasteiger partial charge is 0.328 e. The minimum absolute atomic E-state index is 0.0430. The molecule has 0 saturated carbocycles. The number of anilines is 2. The Morgan fingerprint density at radius 3 is 2.50 bits per heavy atom. The average Bonchev–Trinajstić information content (AvgIpc) is 2.35. The molecule has 1 aromatic carbocycles. The molecule has 2 rings (SSSR count). The van der Waals surface area contributed by atoms with Crippen molar-refractivity contribution < 1.29 is 4.74 Å². The minimum atomic E-state index is 0.0430. The Bertz CT molecular complexity index is 653. The van der Waals surface area contributed by atoms with Crippen molar-refractivity contribution in [2.24, 2.45) is 0 Å². The van der Waals surface area contributed by atoms with Crippen LogP contribution in [-0.2, 0) is 0 Å². The molecule has 0 unspecified atom stereocenters. The summed E-state index contributed by atoms with van der Waals surface area (Å²) >= 11 is 15.3. The van der Waals surface area contributed by atoms with E-state index in [0.29, 0.717) is 26.2 Å². The van der Waals surface area contributed by atoms with Gasteiger partial charge in [0.15, 0.2) is 5.75 Å². The molecule has 0 fully saturated rings. The van der Waals surface area contributed by atoms with Gasteiger partial charge in [0.2, 0.25) is 11.9 Å². The summed E-state index contributed by atoms with van der Waals surface area (Å²) in [6.45, 7) is 0.